The maximum absolute atomic E-state index is 12.1. The zero-order valence-electron chi connectivity index (χ0n) is 11.0. The molecule has 0 N–H and O–H groups in total. The van der Waals surface area contributed by atoms with Gasteiger partial charge in [0.05, 0.1) is 5.56 Å². The maximum atomic E-state index is 12.1. The van der Waals surface area contributed by atoms with Crippen LogP contribution in [0.5, 0.6) is 0 Å². The van der Waals surface area contributed by atoms with Crippen LogP contribution in [0.25, 0.3) is 10.4 Å². The van der Waals surface area contributed by atoms with E-state index in [0.29, 0.717) is 12.0 Å². The van der Waals surface area contributed by atoms with Gasteiger partial charge in [0.1, 0.15) is 4.21 Å². The number of thiophene rings is 1. The summed E-state index contributed by atoms with van der Waals surface area (Å²) in [5, 5.41) is 0. The molecule has 0 spiro atoms. The molecule has 5 heteroatoms. The van der Waals surface area contributed by atoms with Gasteiger partial charge in [-0.3, -0.25) is 4.79 Å². The number of hydrogen-bond acceptors (Lipinski definition) is 4. The van der Waals surface area contributed by atoms with E-state index < -0.39 is 9.84 Å². The molecular formula is C15H14O3S2. The minimum Gasteiger partial charge on any atom is -0.294 e. The summed E-state index contributed by atoms with van der Waals surface area (Å²) in [6.07, 6.45) is 3.19. The number of hydrogen-bond donors (Lipinski definition) is 0. The molecule has 20 heavy (non-hydrogen) atoms. The fraction of sp³-hybridized carbons (Fsp3) is 0.267. The van der Waals surface area contributed by atoms with Crippen LogP contribution < -0.4 is 0 Å². The number of carbonyl (C=O) groups excluding carboxylic acids is 1. The molecule has 3 rings (SSSR count). The summed E-state index contributed by atoms with van der Waals surface area (Å²) in [7, 11) is -3.37. The highest BCUT2D eigenvalue weighted by atomic mass is 32.2. The van der Waals surface area contributed by atoms with Crippen molar-refractivity contribution >= 4 is 27.0 Å². The molecule has 0 unspecified atom stereocenters. The van der Waals surface area contributed by atoms with Gasteiger partial charge >= 0.3 is 0 Å². The molecular weight excluding hydrogens is 292 g/mol. The Labute approximate surface area is 122 Å². The number of fused-ring (bicyclic) bond motifs is 1. The zero-order chi connectivity index (χ0) is 14.3. The summed E-state index contributed by atoms with van der Waals surface area (Å²) in [5.41, 5.74) is 2.35. The van der Waals surface area contributed by atoms with Crippen molar-refractivity contribution in [2.24, 2.45) is 0 Å². The summed E-state index contributed by atoms with van der Waals surface area (Å²) < 4.78 is 24.1. The third kappa shape index (κ3) is 2.21. The molecule has 2 aromatic rings. The van der Waals surface area contributed by atoms with Gasteiger partial charge < -0.3 is 0 Å². The van der Waals surface area contributed by atoms with Crippen molar-refractivity contribution in [2.45, 2.75) is 23.5 Å². The maximum Gasteiger partial charge on any atom is 0.185 e. The second-order valence-electron chi connectivity index (χ2n) is 4.99. The van der Waals surface area contributed by atoms with E-state index in [4.69, 9.17) is 0 Å². The smallest absolute Gasteiger partial charge is 0.185 e. The normalized spacial score (nSPS) is 15.2. The number of benzene rings is 1. The largest absolute Gasteiger partial charge is 0.294 e. The lowest BCUT2D eigenvalue weighted by Crippen LogP contribution is -2.12. The van der Waals surface area contributed by atoms with Crippen LogP contribution in [0, 0.1) is 0 Å². The second kappa shape index (κ2) is 4.82. The number of sulfone groups is 1. The van der Waals surface area contributed by atoms with E-state index >= 15 is 0 Å². The molecule has 1 heterocycles. The van der Waals surface area contributed by atoms with E-state index in [1.807, 2.05) is 30.3 Å². The lowest BCUT2D eigenvalue weighted by Gasteiger charge is -2.13. The van der Waals surface area contributed by atoms with Crippen LogP contribution in [0.2, 0.25) is 0 Å². The van der Waals surface area contributed by atoms with Crippen molar-refractivity contribution in [1.29, 1.82) is 0 Å². The molecule has 0 atom stereocenters. The third-order valence-corrected chi connectivity index (χ3v) is 6.57. The first-order chi connectivity index (χ1) is 9.48. The van der Waals surface area contributed by atoms with Gasteiger partial charge in [0.15, 0.2) is 15.6 Å². The summed E-state index contributed by atoms with van der Waals surface area (Å²) in [5.74, 6) is -0.0369. The molecule has 0 bridgehead atoms. The zero-order valence-corrected chi connectivity index (χ0v) is 12.7. The summed E-state index contributed by atoms with van der Waals surface area (Å²) >= 11 is 1.23. The van der Waals surface area contributed by atoms with E-state index in [9.17, 15) is 13.2 Å². The molecule has 0 amide bonds. The van der Waals surface area contributed by atoms with E-state index in [1.54, 1.807) is 0 Å². The Hall–Kier alpha value is -1.46. The van der Waals surface area contributed by atoms with Crippen molar-refractivity contribution < 1.29 is 13.2 Å². The Kier molecular flexibility index (Phi) is 3.26. The predicted molar refractivity (Wildman–Crippen MR) is 80.1 cm³/mol. The van der Waals surface area contributed by atoms with Crippen LogP contribution in [0.3, 0.4) is 0 Å². The number of rotatable bonds is 2. The molecule has 0 saturated heterocycles. The Balaban J connectivity index is 2.31. The highest BCUT2D eigenvalue weighted by Crippen LogP contribution is 2.42. The van der Waals surface area contributed by atoms with Gasteiger partial charge in [-0.05, 0) is 24.0 Å². The van der Waals surface area contributed by atoms with Crippen molar-refractivity contribution in [3.63, 3.8) is 0 Å². The van der Waals surface area contributed by atoms with Crippen LogP contribution in [0.15, 0.2) is 34.5 Å². The van der Waals surface area contributed by atoms with Crippen molar-refractivity contribution in [2.75, 3.05) is 6.26 Å². The Bertz CT molecular complexity index is 771. The molecule has 1 aromatic heterocycles. The van der Waals surface area contributed by atoms with Gasteiger partial charge in [-0.2, -0.15) is 0 Å². The average Bonchev–Trinajstić information content (AvgIpc) is 2.81. The van der Waals surface area contributed by atoms with E-state index in [1.165, 1.54) is 17.6 Å². The molecule has 1 aliphatic rings. The molecule has 1 aromatic carbocycles. The van der Waals surface area contributed by atoms with E-state index in [2.05, 4.69) is 0 Å². The van der Waals surface area contributed by atoms with Crippen molar-refractivity contribution in [3.8, 4) is 10.4 Å². The highest BCUT2D eigenvalue weighted by molar-refractivity contribution is 7.93. The van der Waals surface area contributed by atoms with Gasteiger partial charge in [-0.15, -0.1) is 11.3 Å². The van der Waals surface area contributed by atoms with Gasteiger partial charge in [-0.1, -0.05) is 30.3 Å². The van der Waals surface area contributed by atoms with Crippen LogP contribution in [-0.4, -0.2) is 20.5 Å². The number of Topliss-reactive ketones (excluding diaryl/α,β-unsaturated/α-hetero) is 1. The Morgan fingerprint density at radius 1 is 1.10 bits per heavy atom. The summed E-state index contributed by atoms with van der Waals surface area (Å²) in [6.45, 7) is 0. The Morgan fingerprint density at radius 2 is 1.80 bits per heavy atom. The molecule has 3 nitrogen and oxygen atoms in total. The lowest BCUT2D eigenvalue weighted by molar-refractivity contribution is 0.0970. The fourth-order valence-corrected chi connectivity index (χ4v) is 5.17. The van der Waals surface area contributed by atoms with Crippen LogP contribution in [0.4, 0.5) is 0 Å². The molecule has 1 aliphatic carbocycles. The fourth-order valence-electron chi connectivity index (χ4n) is 2.60. The average molecular weight is 306 g/mol. The van der Waals surface area contributed by atoms with Gasteiger partial charge in [0.2, 0.25) is 0 Å². The highest BCUT2D eigenvalue weighted by Gasteiger charge is 2.31. The Morgan fingerprint density at radius 3 is 2.45 bits per heavy atom. The van der Waals surface area contributed by atoms with Crippen LogP contribution >= 0.6 is 11.3 Å². The quantitative estimate of drug-likeness (QED) is 0.855. The predicted octanol–water partition coefficient (Wildman–Crippen LogP) is 3.34. The minimum absolute atomic E-state index is 0.0369. The molecule has 0 fully saturated rings. The van der Waals surface area contributed by atoms with Gasteiger partial charge in [-0.25, -0.2) is 8.42 Å². The molecule has 0 aliphatic heterocycles. The van der Waals surface area contributed by atoms with Gasteiger partial charge in [0.25, 0.3) is 0 Å². The topological polar surface area (TPSA) is 51.2 Å². The van der Waals surface area contributed by atoms with Crippen LogP contribution in [0.1, 0.15) is 28.8 Å². The SMILES string of the molecule is CS(=O)(=O)c1sc(-c2ccccc2)c2c1C(=O)CCC2. The van der Waals surface area contributed by atoms with Crippen molar-refractivity contribution in [1.82, 2.24) is 0 Å². The second-order valence-corrected chi connectivity index (χ2v) is 8.22. The van der Waals surface area contributed by atoms with Crippen LogP contribution in [-0.2, 0) is 16.3 Å². The minimum atomic E-state index is -3.37. The standard InChI is InChI=1S/C15H14O3S2/c1-20(17,18)15-13-11(8-5-9-12(13)16)14(19-15)10-6-3-2-4-7-10/h2-4,6-7H,5,8-9H2,1H3. The first kappa shape index (κ1) is 13.5. The molecule has 104 valence electrons. The molecule has 0 saturated carbocycles. The number of carbonyl (C=O) groups is 1. The number of ketones is 1. The van der Waals surface area contributed by atoms with Gasteiger partial charge in [0, 0.05) is 17.6 Å². The first-order valence-corrected chi connectivity index (χ1v) is 9.13. The summed E-state index contributed by atoms with van der Waals surface area (Å²) in [6, 6.07) is 9.68. The third-order valence-electron chi connectivity index (χ3n) is 3.46. The molecule has 0 radical (unpaired) electrons. The summed E-state index contributed by atoms with van der Waals surface area (Å²) in [4.78, 5) is 13.1. The monoisotopic (exact) mass is 306 g/mol. The van der Waals surface area contributed by atoms with E-state index in [-0.39, 0.29) is 9.99 Å². The lowest BCUT2D eigenvalue weighted by atomic mass is 9.91. The first-order valence-electron chi connectivity index (χ1n) is 6.43. The van der Waals surface area contributed by atoms with E-state index in [0.717, 1.165) is 28.8 Å². The van der Waals surface area contributed by atoms with Crippen molar-refractivity contribution in [3.05, 3.63) is 41.5 Å².